The van der Waals surface area contributed by atoms with Crippen molar-refractivity contribution in [3.8, 4) is 0 Å². The molecule has 1 atom stereocenters. The van der Waals surface area contributed by atoms with E-state index < -0.39 is 23.2 Å². The summed E-state index contributed by atoms with van der Waals surface area (Å²) in [6.45, 7) is 3.33. The molecule has 1 rings (SSSR count). The Bertz CT molecular complexity index is 350. The van der Waals surface area contributed by atoms with Gasteiger partial charge in [-0.05, 0) is 26.2 Å². The zero-order chi connectivity index (χ0) is 14.7. The average molecular weight is 277 g/mol. The summed E-state index contributed by atoms with van der Waals surface area (Å²) in [4.78, 5) is 22.9. The number of carbonyl (C=O) groups is 2. The molecule has 0 aromatic heterocycles. The highest BCUT2D eigenvalue weighted by Crippen LogP contribution is 2.36. The van der Waals surface area contributed by atoms with Gasteiger partial charge < -0.3 is 10.4 Å². The van der Waals surface area contributed by atoms with Crippen molar-refractivity contribution in [2.45, 2.75) is 51.9 Å². The fraction of sp³-hybridized carbons (Fsp3) is 0.846. The Morgan fingerprint density at radius 2 is 1.89 bits per heavy atom. The number of halogens is 2. The van der Waals surface area contributed by atoms with Crippen LogP contribution in [0.25, 0.3) is 0 Å². The molecule has 0 bridgehead atoms. The summed E-state index contributed by atoms with van der Waals surface area (Å²) < 4.78 is 25.9. The molecule has 19 heavy (non-hydrogen) atoms. The monoisotopic (exact) mass is 277 g/mol. The van der Waals surface area contributed by atoms with E-state index in [4.69, 9.17) is 5.11 Å². The van der Waals surface area contributed by atoms with Gasteiger partial charge in [0.05, 0.1) is 5.41 Å². The number of carbonyl (C=O) groups excluding carboxylic acids is 1. The Morgan fingerprint density at radius 1 is 1.37 bits per heavy atom. The predicted molar refractivity (Wildman–Crippen MR) is 65.9 cm³/mol. The van der Waals surface area contributed by atoms with E-state index in [1.165, 1.54) is 0 Å². The number of carboxylic acids is 1. The predicted octanol–water partition coefficient (Wildman–Crippen LogP) is 2.43. The molecule has 0 aromatic carbocycles. The standard InChI is InChI=1S/C13H21F2NO3/c1-3-12(2,11(18)19)8-16-10(17)9-4-6-13(14,15)7-5-9/h9H,3-8H2,1-2H3,(H,16,17)(H,18,19). The molecule has 1 aliphatic carbocycles. The van der Waals surface area contributed by atoms with Gasteiger partial charge in [0.15, 0.2) is 0 Å². The number of aliphatic carboxylic acids is 1. The van der Waals surface area contributed by atoms with E-state index in [9.17, 15) is 18.4 Å². The van der Waals surface area contributed by atoms with Gasteiger partial charge in [-0.3, -0.25) is 9.59 Å². The number of hydrogen-bond acceptors (Lipinski definition) is 2. The van der Waals surface area contributed by atoms with Crippen molar-refractivity contribution in [1.29, 1.82) is 0 Å². The van der Waals surface area contributed by atoms with E-state index >= 15 is 0 Å². The molecule has 0 spiro atoms. The minimum atomic E-state index is -2.66. The van der Waals surface area contributed by atoms with Gasteiger partial charge in [-0.2, -0.15) is 0 Å². The summed E-state index contributed by atoms with van der Waals surface area (Å²) in [6.07, 6.45) is 0.180. The second-order valence-electron chi connectivity index (χ2n) is 5.57. The Kier molecular flexibility index (Phi) is 4.87. The number of carboxylic acid groups (broad SMARTS) is 1. The van der Waals surface area contributed by atoms with Gasteiger partial charge in [0.2, 0.25) is 11.8 Å². The van der Waals surface area contributed by atoms with E-state index in [1.54, 1.807) is 13.8 Å². The number of alkyl halides is 2. The molecule has 0 radical (unpaired) electrons. The maximum Gasteiger partial charge on any atom is 0.311 e. The zero-order valence-electron chi connectivity index (χ0n) is 11.3. The van der Waals surface area contributed by atoms with Crippen LogP contribution < -0.4 is 5.32 Å². The van der Waals surface area contributed by atoms with Gasteiger partial charge in [-0.15, -0.1) is 0 Å². The third-order valence-corrected chi connectivity index (χ3v) is 4.04. The molecule has 1 fully saturated rings. The Labute approximate surface area is 111 Å². The average Bonchev–Trinajstić information content (AvgIpc) is 2.35. The van der Waals surface area contributed by atoms with Gasteiger partial charge in [0, 0.05) is 25.3 Å². The number of nitrogens with one attached hydrogen (secondary N) is 1. The molecule has 6 heteroatoms. The topological polar surface area (TPSA) is 66.4 Å². The zero-order valence-corrected chi connectivity index (χ0v) is 11.3. The molecule has 1 saturated carbocycles. The Balaban J connectivity index is 2.46. The van der Waals surface area contributed by atoms with Crippen LogP contribution in [0.5, 0.6) is 0 Å². The van der Waals surface area contributed by atoms with E-state index in [2.05, 4.69) is 5.32 Å². The fourth-order valence-electron chi connectivity index (χ4n) is 2.08. The lowest BCUT2D eigenvalue weighted by atomic mass is 9.85. The second kappa shape index (κ2) is 5.84. The van der Waals surface area contributed by atoms with Crippen LogP contribution in [-0.4, -0.2) is 29.5 Å². The van der Waals surface area contributed by atoms with Crippen molar-refractivity contribution in [1.82, 2.24) is 5.32 Å². The highest BCUT2D eigenvalue weighted by molar-refractivity contribution is 5.80. The quantitative estimate of drug-likeness (QED) is 0.811. The molecule has 0 aliphatic heterocycles. The first-order valence-corrected chi connectivity index (χ1v) is 6.59. The van der Waals surface area contributed by atoms with Gasteiger partial charge in [0.1, 0.15) is 0 Å². The number of rotatable bonds is 5. The summed E-state index contributed by atoms with van der Waals surface area (Å²) >= 11 is 0. The van der Waals surface area contributed by atoms with Gasteiger partial charge in [-0.25, -0.2) is 8.78 Å². The molecule has 2 N–H and O–H groups in total. The maximum atomic E-state index is 13.0. The van der Waals surface area contributed by atoms with Crippen LogP contribution in [0.15, 0.2) is 0 Å². The van der Waals surface area contributed by atoms with Crippen molar-refractivity contribution in [3.05, 3.63) is 0 Å². The molecule has 0 heterocycles. The summed E-state index contributed by atoms with van der Waals surface area (Å²) in [7, 11) is 0. The van der Waals surface area contributed by atoms with Gasteiger partial charge >= 0.3 is 5.97 Å². The van der Waals surface area contributed by atoms with Crippen LogP contribution in [-0.2, 0) is 9.59 Å². The SMILES string of the molecule is CCC(C)(CNC(=O)C1CCC(F)(F)CC1)C(=O)O. The number of hydrogen-bond donors (Lipinski definition) is 2. The second-order valence-corrected chi connectivity index (χ2v) is 5.57. The maximum absolute atomic E-state index is 13.0. The Morgan fingerprint density at radius 3 is 2.32 bits per heavy atom. The molecule has 110 valence electrons. The molecule has 0 aromatic rings. The molecule has 0 saturated heterocycles. The van der Waals surface area contributed by atoms with E-state index in [0.29, 0.717) is 6.42 Å². The van der Waals surface area contributed by atoms with E-state index in [0.717, 1.165) is 0 Å². The van der Waals surface area contributed by atoms with Crippen LogP contribution in [0.3, 0.4) is 0 Å². The Hall–Kier alpha value is -1.20. The fourth-order valence-corrected chi connectivity index (χ4v) is 2.08. The molecular formula is C13H21F2NO3. The van der Waals surface area contributed by atoms with Crippen LogP contribution in [0.4, 0.5) is 8.78 Å². The van der Waals surface area contributed by atoms with E-state index in [1.807, 2.05) is 0 Å². The molecular weight excluding hydrogens is 256 g/mol. The van der Waals surface area contributed by atoms with Crippen molar-refractivity contribution >= 4 is 11.9 Å². The third kappa shape index (κ3) is 4.14. The van der Waals surface area contributed by atoms with Crippen LogP contribution in [0.2, 0.25) is 0 Å². The summed E-state index contributed by atoms with van der Waals surface area (Å²) in [5.74, 6) is -4.35. The highest BCUT2D eigenvalue weighted by atomic mass is 19.3. The van der Waals surface area contributed by atoms with Gasteiger partial charge in [-0.1, -0.05) is 6.92 Å². The van der Waals surface area contributed by atoms with Crippen molar-refractivity contribution in [3.63, 3.8) is 0 Å². The lowest BCUT2D eigenvalue weighted by Crippen LogP contribution is -2.43. The van der Waals surface area contributed by atoms with Crippen molar-refractivity contribution in [2.75, 3.05) is 6.54 Å². The van der Waals surface area contributed by atoms with E-state index in [-0.39, 0.29) is 38.1 Å². The first-order chi connectivity index (χ1) is 8.70. The van der Waals surface area contributed by atoms with Crippen molar-refractivity contribution < 1.29 is 23.5 Å². The first-order valence-electron chi connectivity index (χ1n) is 6.59. The minimum absolute atomic E-state index is 0.0323. The largest absolute Gasteiger partial charge is 0.481 e. The van der Waals surface area contributed by atoms with Crippen molar-refractivity contribution in [2.24, 2.45) is 11.3 Å². The highest BCUT2D eigenvalue weighted by Gasteiger charge is 2.38. The summed E-state index contributed by atoms with van der Waals surface area (Å²) in [6, 6.07) is 0. The summed E-state index contributed by atoms with van der Waals surface area (Å²) in [5.41, 5.74) is -1.01. The van der Waals surface area contributed by atoms with Crippen LogP contribution >= 0.6 is 0 Å². The smallest absolute Gasteiger partial charge is 0.311 e. The minimum Gasteiger partial charge on any atom is -0.481 e. The molecule has 1 unspecified atom stereocenters. The third-order valence-electron chi connectivity index (χ3n) is 4.04. The lowest BCUT2D eigenvalue weighted by molar-refractivity contribution is -0.148. The lowest BCUT2D eigenvalue weighted by Gasteiger charge is -2.29. The normalized spacial score (nSPS) is 22.5. The number of amides is 1. The molecule has 4 nitrogen and oxygen atoms in total. The molecule has 1 aliphatic rings. The van der Waals surface area contributed by atoms with Gasteiger partial charge in [0.25, 0.3) is 0 Å². The molecule has 1 amide bonds. The van der Waals surface area contributed by atoms with Crippen LogP contribution in [0.1, 0.15) is 46.0 Å². The summed E-state index contributed by atoms with van der Waals surface area (Å²) in [5, 5.41) is 11.7. The van der Waals surface area contributed by atoms with Crippen LogP contribution in [0, 0.1) is 11.3 Å². The first kappa shape index (κ1) is 15.9.